The molecule has 2 heterocycles. The minimum atomic E-state index is -1.18. The monoisotopic (exact) mass is 469 g/mol. The largest absolute Gasteiger partial charge is 0.472 e. The van der Waals surface area contributed by atoms with Crippen molar-refractivity contribution in [2.75, 3.05) is 26.2 Å². The van der Waals surface area contributed by atoms with Crippen molar-refractivity contribution in [3.8, 4) is 0 Å². The van der Waals surface area contributed by atoms with Crippen molar-refractivity contribution >= 4 is 0 Å². The highest BCUT2D eigenvalue weighted by molar-refractivity contribution is 5.40. The summed E-state index contributed by atoms with van der Waals surface area (Å²) in [5.74, 6) is 1.36. The molecule has 0 bridgehead atoms. The van der Waals surface area contributed by atoms with E-state index in [1.807, 2.05) is 18.2 Å². The van der Waals surface area contributed by atoms with Crippen LogP contribution in [0.5, 0.6) is 0 Å². The van der Waals surface area contributed by atoms with Gasteiger partial charge < -0.3 is 24.3 Å². The van der Waals surface area contributed by atoms with Crippen molar-refractivity contribution < 1.29 is 19.4 Å². The summed E-state index contributed by atoms with van der Waals surface area (Å²) >= 11 is 0. The molecule has 1 aliphatic heterocycles. The topological polar surface area (TPSA) is 66.1 Å². The number of fused-ring (bicyclic) bond motifs is 5. The summed E-state index contributed by atoms with van der Waals surface area (Å²) < 4.78 is 11.7. The van der Waals surface area contributed by atoms with Crippen molar-refractivity contribution in [3.05, 3.63) is 36.3 Å². The van der Waals surface area contributed by atoms with E-state index in [4.69, 9.17) is 9.15 Å². The molecule has 5 heteroatoms. The maximum absolute atomic E-state index is 12.3. The van der Waals surface area contributed by atoms with E-state index in [-0.39, 0.29) is 11.3 Å². The number of aliphatic hydroxyl groups is 2. The van der Waals surface area contributed by atoms with Gasteiger partial charge in [-0.05, 0) is 106 Å². The molecule has 4 aliphatic carbocycles. The summed E-state index contributed by atoms with van der Waals surface area (Å²) in [5.41, 5.74) is -1.80. The van der Waals surface area contributed by atoms with E-state index in [1.165, 1.54) is 38.8 Å². The Morgan fingerprint density at radius 2 is 1.85 bits per heavy atom. The lowest BCUT2D eigenvalue weighted by atomic mass is 9.42. The Bertz CT molecular complexity index is 909. The van der Waals surface area contributed by atoms with Crippen LogP contribution < -0.4 is 0 Å². The molecule has 188 valence electrons. The smallest absolute Gasteiger partial charge is 0.119 e. The minimum Gasteiger partial charge on any atom is -0.472 e. The molecule has 4 fully saturated rings. The number of ether oxygens (including phenoxy) is 1. The van der Waals surface area contributed by atoms with Crippen molar-refractivity contribution in [2.24, 2.45) is 28.6 Å². The zero-order valence-electron chi connectivity index (χ0n) is 21.0. The number of rotatable bonds is 5. The molecular formula is C29H43NO4. The molecule has 0 aromatic carbocycles. The Kier molecular flexibility index (Phi) is 5.61. The zero-order valence-corrected chi connectivity index (χ0v) is 21.0. The lowest BCUT2D eigenvalue weighted by molar-refractivity contribution is -0.228. The summed E-state index contributed by atoms with van der Waals surface area (Å²) in [6, 6.07) is 1.84. The van der Waals surface area contributed by atoms with E-state index in [0.717, 1.165) is 50.8 Å². The van der Waals surface area contributed by atoms with Crippen LogP contribution in [0.4, 0.5) is 0 Å². The number of hydrogen-bond donors (Lipinski definition) is 2. The molecule has 0 radical (unpaired) electrons. The lowest BCUT2D eigenvalue weighted by Crippen LogP contribution is -2.65. The second-order valence-electron chi connectivity index (χ2n) is 12.6. The normalized spacial score (nSPS) is 48.5. The first-order valence-corrected chi connectivity index (χ1v) is 13.8. The van der Waals surface area contributed by atoms with Crippen LogP contribution in [-0.4, -0.2) is 53.1 Å². The predicted molar refractivity (Wildman–Crippen MR) is 131 cm³/mol. The molecule has 34 heavy (non-hydrogen) atoms. The molecule has 3 saturated carbocycles. The van der Waals surface area contributed by atoms with Gasteiger partial charge >= 0.3 is 0 Å². The van der Waals surface area contributed by atoms with Crippen molar-refractivity contribution in [2.45, 2.75) is 88.9 Å². The third kappa shape index (κ3) is 3.19. The highest BCUT2D eigenvalue weighted by atomic mass is 16.5. The minimum absolute atomic E-state index is 0.192. The Labute approximate surface area is 204 Å². The van der Waals surface area contributed by atoms with Gasteiger partial charge in [0, 0.05) is 17.5 Å². The molecule has 5 nitrogen and oxygen atoms in total. The number of likely N-dealkylation sites (tertiary alicyclic amines) is 1. The third-order valence-corrected chi connectivity index (χ3v) is 11.4. The molecule has 1 aromatic heterocycles. The molecule has 0 unspecified atom stereocenters. The molecule has 8 atom stereocenters. The molecule has 1 aromatic rings. The van der Waals surface area contributed by atoms with Gasteiger partial charge in [-0.15, -0.1) is 0 Å². The predicted octanol–water partition coefficient (Wildman–Crippen LogP) is 4.88. The molecule has 2 N–H and O–H groups in total. The molecule has 1 saturated heterocycles. The van der Waals surface area contributed by atoms with E-state index >= 15 is 0 Å². The molecule has 5 aliphatic rings. The molecule has 0 amide bonds. The van der Waals surface area contributed by atoms with E-state index in [0.29, 0.717) is 17.9 Å². The third-order valence-electron chi connectivity index (χ3n) is 11.4. The fourth-order valence-electron chi connectivity index (χ4n) is 9.11. The molecule has 0 spiro atoms. The van der Waals surface area contributed by atoms with E-state index < -0.39 is 16.6 Å². The van der Waals surface area contributed by atoms with E-state index in [1.54, 1.807) is 12.5 Å². The van der Waals surface area contributed by atoms with Crippen LogP contribution in [0.25, 0.3) is 0 Å². The van der Waals surface area contributed by atoms with Crippen molar-refractivity contribution in [3.63, 3.8) is 0 Å². The maximum atomic E-state index is 12.3. The van der Waals surface area contributed by atoms with Crippen LogP contribution in [0.1, 0.15) is 77.2 Å². The van der Waals surface area contributed by atoms with Crippen LogP contribution >= 0.6 is 0 Å². The van der Waals surface area contributed by atoms with Gasteiger partial charge in [-0.25, -0.2) is 0 Å². The standard InChI is InChI=1S/C29H43NO4/c1-26-10-7-23(34-18-16-30-14-3-4-15-30)19-21(26)5-6-25-24(26)8-11-27(2)28(31,12-13-29(25,27)32)22-9-17-33-20-22/h9,12-13,17,20-21,23-25,31-32H,3-8,10-11,14-16,18-19H2,1-2H3/t21-,23-,24-,25+,26-,27+,28-,29-/m0/s1. The Morgan fingerprint density at radius 1 is 1.03 bits per heavy atom. The van der Waals surface area contributed by atoms with E-state index in [2.05, 4.69) is 18.7 Å². The first-order chi connectivity index (χ1) is 16.3. The average molecular weight is 470 g/mol. The summed E-state index contributed by atoms with van der Waals surface area (Å²) in [4.78, 5) is 2.54. The van der Waals surface area contributed by atoms with Gasteiger partial charge in [0.15, 0.2) is 0 Å². The summed E-state index contributed by atoms with van der Waals surface area (Å²) in [6.45, 7) is 9.03. The van der Waals surface area contributed by atoms with Gasteiger partial charge in [0.25, 0.3) is 0 Å². The van der Waals surface area contributed by atoms with Gasteiger partial charge in [0.1, 0.15) is 5.60 Å². The van der Waals surface area contributed by atoms with Gasteiger partial charge in [0.2, 0.25) is 0 Å². The van der Waals surface area contributed by atoms with Gasteiger partial charge in [0.05, 0.1) is 30.8 Å². The summed E-state index contributed by atoms with van der Waals surface area (Å²) in [6.07, 6.45) is 17.7. The summed E-state index contributed by atoms with van der Waals surface area (Å²) in [5, 5.41) is 24.1. The van der Waals surface area contributed by atoms with Gasteiger partial charge in [-0.2, -0.15) is 0 Å². The van der Waals surface area contributed by atoms with Crippen LogP contribution in [0.15, 0.2) is 35.2 Å². The zero-order chi connectivity index (χ0) is 23.6. The fraction of sp³-hybridized carbons (Fsp3) is 0.793. The Hall–Kier alpha value is -1.14. The highest BCUT2D eigenvalue weighted by Crippen LogP contribution is 2.69. The Balaban J connectivity index is 1.16. The van der Waals surface area contributed by atoms with Crippen molar-refractivity contribution in [1.29, 1.82) is 0 Å². The molecular weight excluding hydrogens is 426 g/mol. The lowest BCUT2D eigenvalue weighted by Gasteiger charge is -2.64. The Morgan fingerprint density at radius 3 is 2.62 bits per heavy atom. The number of nitrogens with zero attached hydrogens (tertiary/aromatic N) is 1. The molecule has 6 rings (SSSR count). The SMILES string of the molecule is C[C@]12CC[C@H](OCCN3CCCC3)C[C@@H]1CC[C@@H]1[C@@H]2CC[C@]2(C)[C@@](O)(c3ccoc3)C=C[C@]12O. The maximum Gasteiger partial charge on any atom is 0.119 e. The van der Waals surface area contributed by atoms with E-state index in [9.17, 15) is 10.2 Å². The number of hydrogen-bond acceptors (Lipinski definition) is 5. The van der Waals surface area contributed by atoms with Gasteiger partial charge in [-0.3, -0.25) is 0 Å². The second-order valence-corrected chi connectivity index (χ2v) is 12.6. The second kappa shape index (κ2) is 8.19. The number of furan rings is 1. The summed E-state index contributed by atoms with van der Waals surface area (Å²) in [7, 11) is 0. The van der Waals surface area contributed by atoms with Crippen LogP contribution in [0.3, 0.4) is 0 Å². The average Bonchev–Trinajstić information content (AvgIpc) is 3.57. The quantitative estimate of drug-likeness (QED) is 0.602. The van der Waals surface area contributed by atoms with Crippen molar-refractivity contribution in [1.82, 2.24) is 4.90 Å². The van der Waals surface area contributed by atoms with Crippen LogP contribution in [0.2, 0.25) is 0 Å². The first-order valence-electron chi connectivity index (χ1n) is 13.8. The highest BCUT2D eigenvalue weighted by Gasteiger charge is 2.70. The first kappa shape index (κ1) is 23.3. The van der Waals surface area contributed by atoms with Crippen LogP contribution in [-0.2, 0) is 10.3 Å². The van der Waals surface area contributed by atoms with Crippen LogP contribution in [0, 0.1) is 28.6 Å². The fourth-order valence-corrected chi connectivity index (χ4v) is 9.11. The van der Waals surface area contributed by atoms with Gasteiger partial charge in [-0.1, -0.05) is 19.9 Å².